The molecule has 3 nitrogen and oxygen atoms in total. The summed E-state index contributed by atoms with van der Waals surface area (Å²) in [5, 5.41) is 1.17. The molecule has 0 bridgehead atoms. The number of thiocarbonyl (C=S) groups is 1. The lowest BCUT2D eigenvalue weighted by atomic mass is 10.2. The Morgan fingerprint density at radius 1 is 1.12 bits per heavy atom. The molecule has 0 radical (unpaired) electrons. The SMILES string of the molecule is CCCCN1/C(=C\C=C2\SC(=S)N(CC)C2=O)Sc2ccccc21. The van der Waals surface area contributed by atoms with Crippen LogP contribution in [0, 0.1) is 0 Å². The molecule has 1 amide bonds. The second-order valence-electron chi connectivity index (χ2n) is 5.53. The molecule has 1 aromatic carbocycles. The number of likely N-dealkylation sites (N-methyl/N-ethyl adjacent to an activating group) is 1. The normalized spacial score (nSPS) is 20.6. The maximum Gasteiger partial charge on any atom is 0.266 e. The van der Waals surface area contributed by atoms with Crippen molar-refractivity contribution in [3.63, 3.8) is 0 Å². The molecule has 0 aliphatic carbocycles. The quantitative estimate of drug-likeness (QED) is 0.531. The molecule has 0 saturated carbocycles. The number of para-hydroxylation sites is 1. The van der Waals surface area contributed by atoms with Crippen LogP contribution in [0.15, 0.2) is 51.2 Å². The van der Waals surface area contributed by atoms with Gasteiger partial charge in [-0.3, -0.25) is 9.69 Å². The Labute approximate surface area is 157 Å². The van der Waals surface area contributed by atoms with Crippen LogP contribution in [0.1, 0.15) is 26.7 Å². The summed E-state index contributed by atoms with van der Waals surface area (Å²) < 4.78 is 0.650. The summed E-state index contributed by atoms with van der Waals surface area (Å²) in [6, 6.07) is 8.46. The number of carbonyl (C=O) groups excluding carboxylic acids is 1. The summed E-state index contributed by atoms with van der Waals surface area (Å²) >= 11 is 8.42. The van der Waals surface area contributed by atoms with Crippen molar-refractivity contribution in [1.29, 1.82) is 0 Å². The molecule has 24 heavy (non-hydrogen) atoms. The van der Waals surface area contributed by atoms with Crippen molar-refractivity contribution in [1.82, 2.24) is 4.90 Å². The van der Waals surface area contributed by atoms with E-state index in [-0.39, 0.29) is 5.91 Å². The van der Waals surface area contributed by atoms with Crippen LogP contribution in [0.3, 0.4) is 0 Å². The first kappa shape index (κ1) is 17.6. The fourth-order valence-electron chi connectivity index (χ4n) is 2.66. The zero-order valence-corrected chi connectivity index (χ0v) is 16.3. The summed E-state index contributed by atoms with van der Waals surface area (Å²) in [5.74, 6) is 0.0185. The van der Waals surface area contributed by atoms with E-state index in [1.54, 1.807) is 16.7 Å². The maximum absolute atomic E-state index is 12.3. The molecule has 0 spiro atoms. The summed E-state index contributed by atoms with van der Waals surface area (Å²) in [6.45, 7) is 5.77. The fraction of sp³-hybridized carbons (Fsp3) is 0.333. The molecule has 6 heteroatoms. The summed E-state index contributed by atoms with van der Waals surface area (Å²) in [7, 11) is 0. The second-order valence-corrected chi connectivity index (χ2v) is 8.27. The molecule has 2 aliphatic heterocycles. The minimum atomic E-state index is 0.0185. The Balaban J connectivity index is 1.85. The molecular formula is C18H20N2OS3. The van der Waals surface area contributed by atoms with Crippen molar-refractivity contribution in [3.8, 4) is 0 Å². The highest BCUT2D eigenvalue weighted by molar-refractivity contribution is 8.26. The molecule has 0 atom stereocenters. The molecule has 1 saturated heterocycles. The first-order valence-corrected chi connectivity index (χ1v) is 10.2. The predicted molar refractivity (Wildman–Crippen MR) is 108 cm³/mol. The average Bonchev–Trinajstić information content (AvgIpc) is 3.07. The molecule has 2 aliphatic rings. The van der Waals surface area contributed by atoms with E-state index < -0.39 is 0 Å². The zero-order chi connectivity index (χ0) is 17.1. The molecule has 126 valence electrons. The van der Waals surface area contributed by atoms with Crippen LogP contribution in [0.2, 0.25) is 0 Å². The summed E-state index contributed by atoms with van der Waals surface area (Å²) in [5.41, 5.74) is 1.26. The van der Waals surface area contributed by atoms with Crippen molar-refractivity contribution in [2.45, 2.75) is 31.6 Å². The molecule has 3 rings (SSSR count). The van der Waals surface area contributed by atoms with Crippen molar-refractivity contribution in [2.75, 3.05) is 18.0 Å². The van der Waals surface area contributed by atoms with Gasteiger partial charge in [-0.25, -0.2) is 0 Å². The number of amides is 1. The lowest BCUT2D eigenvalue weighted by Gasteiger charge is -2.19. The van der Waals surface area contributed by atoms with E-state index in [4.69, 9.17) is 12.2 Å². The lowest BCUT2D eigenvalue weighted by Crippen LogP contribution is -2.27. The Morgan fingerprint density at radius 3 is 2.62 bits per heavy atom. The summed E-state index contributed by atoms with van der Waals surface area (Å²) in [6.07, 6.45) is 6.28. The smallest absolute Gasteiger partial charge is 0.266 e. The molecular weight excluding hydrogens is 356 g/mol. The number of fused-ring (bicyclic) bond motifs is 1. The Bertz CT molecular complexity index is 727. The maximum atomic E-state index is 12.3. The number of hydrogen-bond donors (Lipinski definition) is 0. The molecule has 1 aromatic rings. The minimum Gasteiger partial charge on any atom is -0.335 e. The third kappa shape index (κ3) is 3.41. The Hall–Kier alpha value is -1.24. The summed E-state index contributed by atoms with van der Waals surface area (Å²) in [4.78, 5) is 18.3. The van der Waals surface area contributed by atoms with Crippen molar-refractivity contribution in [2.24, 2.45) is 0 Å². The van der Waals surface area contributed by atoms with E-state index in [1.165, 1.54) is 27.4 Å². The van der Waals surface area contributed by atoms with Crippen LogP contribution in [-0.2, 0) is 4.79 Å². The van der Waals surface area contributed by atoms with E-state index in [0.717, 1.165) is 19.4 Å². The first-order valence-electron chi connectivity index (χ1n) is 8.15. The van der Waals surface area contributed by atoms with Crippen LogP contribution in [0.25, 0.3) is 0 Å². The lowest BCUT2D eigenvalue weighted by molar-refractivity contribution is -0.122. The van der Waals surface area contributed by atoms with E-state index in [2.05, 4.69) is 42.2 Å². The number of benzene rings is 1. The molecule has 0 N–H and O–H groups in total. The number of nitrogens with zero attached hydrogens (tertiary/aromatic N) is 2. The number of hydrogen-bond acceptors (Lipinski definition) is 5. The number of anilines is 1. The second kappa shape index (κ2) is 7.76. The van der Waals surface area contributed by atoms with Crippen LogP contribution < -0.4 is 4.90 Å². The van der Waals surface area contributed by atoms with Gasteiger partial charge < -0.3 is 4.90 Å². The van der Waals surface area contributed by atoms with Gasteiger partial charge in [0.2, 0.25) is 0 Å². The van der Waals surface area contributed by atoms with E-state index in [1.807, 2.05) is 13.0 Å². The third-order valence-electron chi connectivity index (χ3n) is 3.94. The predicted octanol–water partition coefficient (Wildman–Crippen LogP) is 5.00. The molecule has 0 unspecified atom stereocenters. The first-order chi connectivity index (χ1) is 11.7. The van der Waals surface area contributed by atoms with E-state index in [9.17, 15) is 4.79 Å². The Morgan fingerprint density at radius 2 is 1.92 bits per heavy atom. The van der Waals surface area contributed by atoms with Gasteiger partial charge in [-0.15, -0.1) is 0 Å². The van der Waals surface area contributed by atoms with Gasteiger partial charge >= 0.3 is 0 Å². The molecule has 1 fully saturated rings. The highest BCUT2D eigenvalue weighted by atomic mass is 32.2. The minimum absolute atomic E-state index is 0.0185. The fourth-order valence-corrected chi connectivity index (χ4v) is 5.07. The standard InChI is InChI=1S/C18H20N2OS3/c1-3-5-12-20-13-8-6-7-9-14(13)23-16(20)11-10-15-17(21)19(4-2)18(22)24-15/h6-11H,3-5,12H2,1-2H3/b15-10+,16-11+. The highest BCUT2D eigenvalue weighted by Crippen LogP contribution is 2.46. The van der Waals surface area contributed by atoms with E-state index in [0.29, 0.717) is 15.8 Å². The van der Waals surface area contributed by atoms with Crippen LogP contribution >= 0.6 is 35.7 Å². The van der Waals surface area contributed by atoms with Crippen molar-refractivity contribution in [3.05, 3.63) is 46.4 Å². The number of allylic oxidation sites excluding steroid dienone is 2. The number of unbranched alkanes of at least 4 members (excludes halogenated alkanes) is 1. The monoisotopic (exact) mass is 376 g/mol. The highest BCUT2D eigenvalue weighted by Gasteiger charge is 2.30. The van der Waals surface area contributed by atoms with Gasteiger partial charge in [0, 0.05) is 18.0 Å². The van der Waals surface area contributed by atoms with Crippen molar-refractivity contribution < 1.29 is 4.79 Å². The third-order valence-corrected chi connectivity index (χ3v) is 6.47. The van der Waals surface area contributed by atoms with E-state index >= 15 is 0 Å². The van der Waals surface area contributed by atoms with Gasteiger partial charge in [-0.05, 0) is 37.6 Å². The number of rotatable bonds is 5. The van der Waals surface area contributed by atoms with Gasteiger partial charge in [0.05, 0.1) is 15.6 Å². The Kier molecular flexibility index (Phi) is 5.69. The number of thioether (sulfide) groups is 2. The average molecular weight is 377 g/mol. The largest absolute Gasteiger partial charge is 0.335 e. The van der Waals surface area contributed by atoms with Gasteiger partial charge in [0.15, 0.2) is 0 Å². The van der Waals surface area contributed by atoms with Crippen LogP contribution in [0.5, 0.6) is 0 Å². The van der Waals surface area contributed by atoms with Crippen LogP contribution in [-0.4, -0.2) is 28.2 Å². The van der Waals surface area contributed by atoms with Gasteiger partial charge in [-0.1, -0.05) is 61.2 Å². The van der Waals surface area contributed by atoms with Gasteiger partial charge in [-0.2, -0.15) is 0 Å². The van der Waals surface area contributed by atoms with Crippen molar-refractivity contribution >= 4 is 51.7 Å². The van der Waals surface area contributed by atoms with Gasteiger partial charge in [0.25, 0.3) is 5.91 Å². The molecule has 2 heterocycles. The topological polar surface area (TPSA) is 23.6 Å². The molecule has 0 aromatic heterocycles. The number of carbonyl (C=O) groups is 1. The van der Waals surface area contributed by atoms with Crippen LogP contribution in [0.4, 0.5) is 5.69 Å². The van der Waals surface area contributed by atoms with Gasteiger partial charge in [0.1, 0.15) is 4.32 Å². The zero-order valence-electron chi connectivity index (χ0n) is 13.8.